The second-order valence-corrected chi connectivity index (χ2v) is 7.01. The first-order valence-electron chi connectivity index (χ1n) is 4.59. The molecule has 0 radical (unpaired) electrons. The van der Waals surface area contributed by atoms with E-state index in [-0.39, 0.29) is 4.90 Å². The van der Waals surface area contributed by atoms with Crippen LogP contribution in [-0.4, -0.2) is 19.5 Å². The molecule has 0 saturated carbocycles. The van der Waals surface area contributed by atoms with Crippen LogP contribution in [-0.2, 0) is 9.84 Å². The molecule has 0 amide bonds. The smallest absolute Gasteiger partial charge is 0.183 e. The summed E-state index contributed by atoms with van der Waals surface area (Å²) in [5.41, 5.74) is 0.475. The second kappa shape index (κ2) is 3.77. The van der Waals surface area contributed by atoms with Gasteiger partial charge in [-0.2, -0.15) is 0 Å². The number of carbonyl (C=O) groups excluding carboxylic acids is 1. The first-order valence-corrected chi connectivity index (χ1v) is 6.07. The Morgan fingerprint density at radius 3 is 1.87 bits per heavy atom. The predicted octanol–water partition coefficient (Wildman–Crippen LogP) is 2.07. The predicted molar refractivity (Wildman–Crippen MR) is 58.8 cm³/mol. The lowest BCUT2D eigenvalue weighted by Crippen LogP contribution is -2.27. The van der Waals surface area contributed by atoms with Gasteiger partial charge in [0.2, 0.25) is 0 Å². The lowest BCUT2D eigenvalue weighted by atomic mass is 10.2. The molecule has 0 spiro atoms. The first-order chi connectivity index (χ1) is 6.79. The van der Waals surface area contributed by atoms with E-state index in [1.807, 2.05) is 0 Å². The third-order valence-electron chi connectivity index (χ3n) is 2.13. The third kappa shape index (κ3) is 2.26. The summed E-state index contributed by atoms with van der Waals surface area (Å²) in [5.74, 6) is 0. The monoisotopic (exact) mass is 226 g/mol. The highest BCUT2D eigenvalue weighted by Gasteiger charge is 2.30. The zero-order valence-corrected chi connectivity index (χ0v) is 9.84. The van der Waals surface area contributed by atoms with Crippen LogP contribution in [0.1, 0.15) is 31.1 Å². The minimum absolute atomic E-state index is 0.251. The van der Waals surface area contributed by atoms with Gasteiger partial charge in [-0.05, 0) is 32.9 Å². The van der Waals surface area contributed by atoms with Crippen LogP contribution in [0.5, 0.6) is 0 Å². The maximum absolute atomic E-state index is 12.0. The van der Waals surface area contributed by atoms with Crippen molar-refractivity contribution in [2.45, 2.75) is 30.4 Å². The summed E-state index contributed by atoms with van der Waals surface area (Å²) in [6.45, 7) is 4.95. The average Bonchev–Trinajstić information content (AvgIpc) is 2.16. The molecule has 1 aromatic carbocycles. The largest absolute Gasteiger partial charge is 0.298 e. The number of sulfone groups is 1. The van der Waals surface area contributed by atoms with E-state index in [1.165, 1.54) is 24.3 Å². The summed E-state index contributed by atoms with van der Waals surface area (Å²) >= 11 is 0. The van der Waals surface area contributed by atoms with Gasteiger partial charge in [-0.3, -0.25) is 4.79 Å². The van der Waals surface area contributed by atoms with Gasteiger partial charge in [0.05, 0.1) is 9.64 Å². The topological polar surface area (TPSA) is 51.2 Å². The average molecular weight is 226 g/mol. The van der Waals surface area contributed by atoms with Crippen molar-refractivity contribution in [1.82, 2.24) is 0 Å². The maximum Gasteiger partial charge on any atom is 0.183 e. The van der Waals surface area contributed by atoms with Crippen LogP contribution in [0.3, 0.4) is 0 Å². The van der Waals surface area contributed by atoms with E-state index < -0.39 is 14.6 Å². The Kier molecular flexibility index (Phi) is 3.00. The van der Waals surface area contributed by atoms with Crippen LogP contribution in [0, 0.1) is 0 Å². The molecule has 0 heterocycles. The van der Waals surface area contributed by atoms with Crippen LogP contribution in [0.4, 0.5) is 0 Å². The molecule has 0 aliphatic carbocycles. The molecule has 1 rings (SSSR count). The Hall–Kier alpha value is -1.16. The van der Waals surface area contributed by atoms with Gasteiger partial charge in [-0.15, -0.1) is 0 Å². The number of carbonyl (C=O) groups is 1. The van der Waals surface area contributed by atoms with E-state index >= 15 is 0 Å². The van der Waals surface area contributed by atoms with E-state index in [0.29, 0.717) is 11.8 Å². The number of hydrogen-bond donors (Lipinski definition) is 0. The van der Waals surface area contributed by atoms with Crippen molar-refractivity contribution < 1.29 is 13.2 Å². The fraction of sp³-hybridized carbons (Fsp3) is 0.364. The first kappa shape index (κ1) is 11.9. The molecule has 4 heteroatoms. The minimum atomic E-state index is -3.32. The van der Waals surface area contributed by atoms with Gasteiger partial charge in [-0.1, -0.05) is 12.1 Å². The van der Waals surface area contributed by atoms with Crippen LogP contribution >= 0.6 is 0 Å². The van der Waals surface area contributed by atoms with Crippen molar-refractivity contribution in [2.75, 3.05) is 0 Å². The van der Waals surface area contributed by atoms with Gasteiger partial charge >= 0.3 is 0 Å². The highest BCUT2D eigenvalue weighted by Crippen LogP contribution is 2.24. The Morgan fingerprint density at radius 1 is 1.07 bits per heavy atom. The Bertz CT molecular complexity index is 450. The molecule has 3 nitrogen and oxygen atoms in total. The molecular weight excluding hydrogens is 212 g/mol. The summed E-state index contributed by atoms with van der Waals surface area (Å²) in [6.07, 6.45) is 0.688. The van der Waals surface area contributed by atoms with E-state index in [2.05, 4.69) is 0 Å². The fourth-order valence-electron chi connectivity index (χ4n) is 1.08. The van der Waals surface area contributed by atoms with E-state index in [4.69, 9.17) is 0 Å². The van der Waals surface area contributed by atoms with Gasteiger partial charge in [0, 0.05) is 5.56 Å². The Morgan fingerprint density at radius 2 is 1.53 bits per heavy atom. The van der Waals surface area contributed by atoms with Crippen molar-refractivity contribution in [2.24, 2.45) is 0 Å². The zero-order chi connectivity index (χ0) is 11.7. The number of benzene rings is 1. The second-order valence-electron chi connectivity index (χ2n) is 4.30. The van der Waals surface area contributed by atoms with Crippen molar-refractivity contribution in [1.29, 1.82) is 0 Å². The third-order valence-corrected chi connectivity index (χ3v) is 4.64. The zero-order valence-electron chi connectivity index (χ0n) is 9.02. The molecule has 82 valence electrons. The fourth-order valence-corrected chi connectivity index (χ4v) is 2.28. The molecule has 0 aliphatic rings. The van der Waals surface area contributed by atoms with Crippen LogP contribution in [0.15, 0.2) is 29.2 Å². The molecule has 15 heavy (non-hydrogen) atoms. The summed E-state index contributed by atoms with van der Waals surface area (Å²) < 4.78 is 23.1. The summed E-state index contributed by atoms with van der Waals surface area (Å²) in [6, 6.07) is 5.94. The Balaban J connectivity index is 3.24. The normalized spacial score (nSPS) is 12.5. The number of rotatable bonds is 2. The van der Waals surface area contributed by atoms with E-state index in [1.54, 1.807) is 20.8 Å². The number of hydrogen-bond acceptors (Lipinski definition) is 3. The molecular formula is C11H14O3S. The molecule has 0 aliphatic heterocycles. The molecule has 0 aromatic heterocycles. The lowest BCUT2D eigenvalue weighted by molar-refractivity contribution is 0.112. The van der Waals surface area contributed by atoms with Gasteiger partial charge < -0.3 is 0 Å². The van der Waals surface area contributed by atoms with Crippen molar-refractivity contribution in [3.8, 4) is 0 Å². The lowest BCUT2D eigenvalue weighted by Gasteiger charge is -2.19. The van der Waals surface area contributed by atoms with E-state index in [0.717, 1.165) is 0 Å². The summed E-state index contributed by atoms with van der Waals surface area (Å²) in [4.78, 5) is 10.7. The minimum Gasteiger partial charge on any atom is -0.298 e. The number of aldehydes is 1. The van der Waals surface area contributed by atoms with Gasteiger partial charge in [0.15, 0.2) is 9.84 Å². The molecule has 0 fully saturated rings. The van der Waals surface area contributed by atoms with Gasteiger partial charge in [0.25, 0.3) is 0 Å². The molecule has 0 N–H and O–H groups in total. The van der Waals surface area contributed by atoms with Crippen LogP contribution in [0.2, 0.25) is 0 Å². The summed E-state index contributed by atoms with van der Waals surface area (Å²) in [7, 11) is -3.32. The van der Waals surface area contributed by atoms with Gasteiger partial charge in [-0.25, -0.2) is 8.42 Å². The van der Waals surface area contributed by atoms with Crippen molar-refractivity contribution in [3.63, 3.8) is 0 Å². The molecule has 0 atom stereocenters. The quantitative estimate of drug-likeness (QED) is 0.725. The molecule has 1 aromatic rings. The molecule has 0 saturated heterocycles. The van der Waals surface area contributed by atoms with E-state index in [9.17, 15) is 13.2 Å². The van der Waals surface area contributed by atoms with Crippen molar-refractivity contribution in [3.05, 3.63) is 29.8 Å². The van der Waals surface area contributed by atoms with Crippen molar-refractivity contribution >= 4 is 16.1 Å². The molecule has 0 bridgehead atoms. The maximum atomic E-state index is 12.0. The SMILES string of the molecule is CC(C)(C)S(=O)(=O)c1ccc(C=O)cc1. The van der Waals surface area contributed by atoms with Gasteiger partial charge in [0.1, 0.15) is 6.29 Å². The van der Waals surface area contributed by atoms with Crippen LogP contribution in [0.25, 0.3) is 0 Å². The van der Waals surface area contributed by atoms with Crippen LogP contribution < -0.4 is 0 Å². The standard InChI is InChI=1S/C11H14O3S/c1-11(2,3)15(13,14)10-6-4-9(8-12)5-7-10/h4-8H,1-3H3. The highest BCUT2D eigenvalue weighted by molar-refractivity contribution is 7.92. The Labute approximate surface area is 90.0 Å². The highest BCUT2D eigenvalue weighted by atomic mass is 32.2. The summed E-state index contributed by atoms with van der Waals surface area (Å²) in [5, 5.41) is 0. The molecule has 0 unspecified atom stereocenters.